The Morgan fingerprint density at radius 2 is 2.12 bits per heavy atom. The fraction of sp³-hybridized carbons (Fsp3) is 0.700. The van der Waals surface area contributed by atoms with Crippen molar-refractivity contribution in [3.8, 4) is 0 Å². The second-order valence-electron chi connectivity index (χ2n) is 7.42. The van der Waals surface area contributed by atoms with E-state index in [1.165, 1.54) is 12.8 Å². The van der Waals surface area contributed by atoms with Crippen LogP contribution in [0.25, 0.3) is 0 Å². The minimum absolute atomic E-state index is 0.120. The number of aryl methyl sites for hydroxylation is 1. The molecule has 1 aliphatic heterocycles. The standard InChI is InChI=1S/C20H30N2O4/c1-14-12-17(15-6-4-9-21-13-15)26-20(24)18(14)19(23)22-10-5-11-25-16-7-2-3-8-16/h12,15-16,21H,2-11,13H2,1H3,(H,22,23). The lowest BCUT2D eigenvalue weighted by Gasteiger charge is -2.22. The molecule has 0 bridgehead atoms. The highest BCUT2D eigenvalue weighted by Gasteiger charge is 2.22. The molecule has 1 saturated carbocycles. The van der Waals surface area contributed by atoms with Crippen LogP contribution < -0.4 is 16.3 Å². The van der Waals surface area contributed by atoms with Gasteiger partial charge in [-0.1, -0.05) is 12.8 Å². The van der Waals surface area contributed by atoms with Crippen molar-refractivity contribution in [3.05, 3.63) is 33.4 Å². The molecule has 2 N–H and O–H groups in total. The Balaban J connectivity index is 1.50. The molecule has 6 nitrogen and oxygen atoms in total. The summed E-state index contributed by atoms with van der Waals surface area (Å²) in [5.74, 6) is 0.534. The van der Waals surface area contributed by atoms with Gasteiger partial charge < -0.3 is 19.8 Å². The van der Waals surface area contributed by atoms with Crippen molar-refractivity contribution in [1.29, 1.82) is 0 Å². The van der Waals surface area contributed by atoms with E-state index in [1.807, 2.05) is 6.07 Å². The molecule has 1 atom stereocenters. The van der Waals surface area contributed by atoms with E-state index in [1.54, 1.807) is 6.92 Å². The second kappa shape index (κ2) is 9.33. The molecule has 26 heavy (non-hydrogen) atoms. The molecule has 0 radical (unpaired) electrons. The molecule has 144 valence electrons. The van der Waals surface area contributed by atoms with Gasteiger partial charge in [0.05, 0.1) is 6.10 Å². The third kappa shape index (κ3) is 4.95. The zero-order chi connectivity index (χ0) is 18.4. The van der Waals surface area contributed by atoms with E-state index in [9.17, 15) is 9.59 Å². The summed E-state index contributed by atoms with van der Waals surface area (Å²) in [4.78, 5) is 24.7. The monoisotopic (exact) mass is 362 g/mol. The van der Waals surface area contributed by atoms with Crippen molar-refractivity contribution in [1.82, 2.24) is 10.6 Å². The van der Waals surface area contributed by atoms with Crippen LogP contribution in [0.5, 0.6) is 0 Å². The highest BCUT2D eigenvalue weighted by Crippen LogP contribution is 2.23. The van der Waals surface area contributed by atoms with E-state index >= 15 is 0 Å². The highest BCUT2D eigenvalue weighted by atomic mass is 16.5. The van der Waals surface area contributed by atoms with Crippen LogP contribution in [0, 0.1) is 6.92 Å². The summed E-state index contributed by atoms with van der Waals surface area (Å²) in [5.41, 5.74) is 0.265. The van der Waals surface area contributed by atoms with Gasteiger partial charge in [-0.05, 0) is 57.2 Å². The van der Waals surface area contributed by atoms with Crippen LogP contribution in [-0.4, -0.2) is 38.3 Å². The molecule has 6 heteroatoms. The number of rotatable bonds is 7. The van der Waals surface area contributed by atoms with Crippen molar-refractivity contribution in [2.75, 3.05) is 26.2 Å². The summed E-state index contributed by atoms with van der Waals surface area (Å²) in [5, 5.41) is 6.13. The molecule has 2 aliphatic rings. The van der Waals surface area contributed by atoms with Gasteiger partial charge in [-0.2, -0.15) is 0 Å². The summed E-state index contributed by atoms with van der Waals surface area (Å²) >= 11 is 0. The lowest BCUT2D eigenvalue weighted by atomic mass is 9.95. The van der Waals surface area contributed by atoms with Gasteiger partial charge in [0, 0.05) is 25.6 Å². The maximum Gasteiger partial charge on any atom is 0.349 e. The van der Waals surface area contributed by atoms with Gasteiger partial charge in [0.1, 0.15) is 11.3 Å². The molecule has 1 aliphatic carbocycles. The molecule has 3 rings (SSSR count). The Labute approximate surface area is 154 Å². The van der Waals surface area contributed by atoms with Crippen LogP contribution in [0.15, 0.2) is 15.3 Å². The summed E-state index contributed by atoms with van der Waals surface area (Å²) in [6.45, 7) is 4.76. The number of hydrogen-bond acceptors (Lipinski definition) is 5. The Kier molecular flexibility index (Phi) is 6.86. The minimum atomic E-state index is -0.537. The fourth-order valence-corrected chi connectivity index (χ4v) is 3.87. The number of hydrogen-bond donors (Lipinski definition) is 2. The highest BCUT2D eigenvalue weighted by molar-refractivity contribution is 5.95. The smallest absolute Gasteiger partial charge is 0.349 e. The molecule has 1 amide bonds. The second-order valence-corrected chi connectivity index (χ2v) is 7.42. The SMILES string of the molecule is Cc1cc(C2CCCNC2)oc(=O)c1C(=O)NCCCOC1CCCC1. The van der Waals surface area contributed by atoms with Gasteiger partial charge in [0.25, 0.3) is 5.91 Å². The predicted molar refractivity (Wildman–Crippen MR) is 99.7 cm³/mol. The first-order chi connectivity index (χ1) is 12.6. The first-order valence-corrected chi connectivity index (χ1v) is 9.90. The maximum absolute atomic E-state index is 12.4. The van der Waals surface area contributed by atoms with E-state index in [0.29, 0.717) is 30.6 Å². The Bertz CT molecular complexity index is 658. The van der Waals surface area contributed by atoms with Gasteiger partial charge in [0.15, 0.2) is 0 Å². The third-order valence-corrected chi connectivity index (χ3v) is 5.36. The van der Waals surface area contributed by atoms with E-state index < -0.39 is 5.63 Å². The predicted octanol–water partition coefficient (Wildman–Crippen LogP) is 2.49. The number of amides is 1. The van der Waals surface area contributed by atoms with Crippen LogP contribution in [-0.2, 0) is 4.74 Å². The number of carbonyl (C=O) groups excluding carboxylic acids is 1. The van der Waals surface area contributed by atoms with Crippen LogP contribution in [0.4, 0.5) is 0 Å². The maximum atomic E-state index is 12.4. The van der Waals surface area contributed by atoms with Crippen LogP contribution in [0.2, 0.25) is 0 Å². The van der Waals surface area contributed by atoms with Crippen LogP contribution in [0.3, 0.4) is 0 Å². The molecular weight excluding hydrogens is 332 g/mol. The minimum Gasteiger partial charge on any atom is -0.427 e. The zero-order valence-corrected chi connectivity index (χ0v) is 15.6. The normalized spacial score (nSPS) is 21.0. The zero-order valence-electron chi connectivity index (χ0n) is 15.6. The average Bonchev–Trinajstić information content (AvgIpc) is 3.15. The van der Waals surface area contributed by atoms with Gasteiger partial charge in [-0.25, -0.2) is 4.79 Å². The fourth-order valence-electron chi connectivity index (χ4n) is 3.87. The number of nitrogens with one attached hydrogen (secondary N) is 2. The van der Waals surface area contributed by atoms with Crippen molar-refractivity contribution in [2.24, 2.45) is 0 Å². The summed E-state index contributed by atoms with van der Waals surface area (Å²) in [6.07, 6.45) is 8.01. The molecule has 0 spiro atoms. The van der Waals surface area contributed by atoms with Crippen LogP contribution in [0.1, 0.15) is 72.5 Å². The molecular formula is C20H30N2O4. The first kappa shape index (κ1) is 19.1. The van der Waals surface area contributed by atoms with E-state index in [2.05, 4.69) is 10.6 Å². The van der Waals surface area contributed by atoms with E-state index in [0.717, 1.165) is 45.2 Å². The Hall–Kier alpha value is -1.66. The Morgan fingerprint density at radius 3 is 2.81 bits per heavy atom. The molecule has 2 fully saturated rings. The van der Waals surface area contributed by atoms with Gasteiger partial charge >= 0.3 is 5.63 Å². The quantitative estimate of drug-likeness (QED) is 0.729. The van der Waals surface area contributed by atoms with Gasteiger partial charge in [-0.15, -0.1) is 0 Å². The molecule has 1 unspecified atom stereocenters. The van der Waals surface area contributed by atoms with E-state index in [-0.39, 0.29) is 17.4 Å². The summed E-state index contributed by atoms with van der Waals surface area (Å²) in [6, 6.07) is 1.84. The van der Waals surface area contributed by atoms with Crippen molar-refractivity contribution < 1.29 is 13.9 Å². The third-order valence-electron chi connectivity index (χ3n) is 5.36. The molecule has 1 aromatic heterocycles. The summed E-state index contributed by atoms with van der Waals surface area (Å²) < 4.78 is 11.2. The van der Waals surface area contributed by atoms with Crippen molar-refractivity contribution in [2.45, 2.75) is 63.9 Å². The molecule has 1 saturated heterocycles. The number of ether oxygens (including phenoxy) is 1. The molecule has 0 aromatic carbocycles. The first-order valence-electron chi connectivity index (χ1n) is 9.90. The van der Waals surface area contributed by atoms with Gasteiger partial charge in [0.2, 0.25) is 0 Å². The topological polar surface area (TPSA) is 80.6 Å². The van der Waals surface area contributed by atoms with Crippen LogP contribution >= 0.6 is 0 Å². The largest absolute Gasteiger partial charge is 0.427 e. The number of piperidine rings is 1. The van der Waals surface area contributed by atoms with E-state index in [4.69, 9.17) is 9.15 Å². The summed E-state index contributed by atoms with van der Waals surface area (Å²) in [7, 11) is 0. The lowest BCUT2D eigenvalue weighted by Crippen LogP contribution is -2.32. The lowest BCUT2D eigenvalue weighted by molar-refractivity contribution is 0.0565. The number of carbonyl (C=O) groups is 1. The average molecular weight is 362 g/mol. The molecule has 1 aromatic rings. The Morgan fingerprint density at radius 1 is 1.31 bits per heavy atom. The van der Waals surface area contributed by atoms with Crippen molar-refractivity contribution in [3.63, 3.8) is 0 Å². The molecule has 2 heterocycles. The van der Waals surface area contributed by atoms with Gasteiger partial charge in [-0.3, -0.25) is 4.79 Å². The van der Waals surface area contributed by atoms with Crippen molar-refractivity contribution >= 4 is 5.91 Å².